The van der Waals surface area contributed by atoms with E-state index in [4.69, 9.17) is 5.73 Å². The maximum Gasteiger partial charge on any atom is 0.255 e. The van der Waals surface area contributed by atoms with Crippen LogP contribution in [0.15, 0.2) is 22.7 Å². The molecule has 0 heterocycles. The number of anilines is 1. The van der Waals surface area contributed by atoms with Crippen molar-refractivity contribution in [2.24, 2.45) is 0 Å². The van der Waals surface area contributed by atoms with Gasteiger partial charge in [-0.15, -0.1) is 0 Å². The molecule has 2 N–H and O–H groups in total. The highest BCUT2D eigenvalue weighted by molar-refractivity contribution is 9.10. The summed E-state index contributed by atoms with van der Waals surface area (Å²) in [5, 5.41) is 0. The van der Waals surface area contributed by atoms with Crippen molar-refractivity contribution in [3.63, 3.8) is 0 Å². The second-order valence-electron chi connectivity index (χ2n) is 3.05. The third-order valence-corrected chi connectivity index (χ3v) is 2.56. The van der Waals surface area contributed by atoms with E-state index in [9.17, 15) is 4.79 Å². The minimum atomic E-state index is -0.0497. The SMILES string of the molecule is CCN(C)C(=O)c1cc(Br)ccc1N. The van der Waals surface area contributed by atoms with Crippen molar-refractivity contribution in [3.8, 4) is 0 Å². The molecule has 1 aromatic carbocycles. The average Bonchev–Trinajstić information content (AvgIpc) is 2.19. The number of carbonyl (C=O) groups excluding carboxylic acids is 1. The van der Waals surface area contributed by atoms with E-state index < -0.39 is 0 Å². The fraction of sp³-hybridized carbons (Fsp3) is 0.300. The molecule has 76 valence electrons. The monoisotopic (exact) mass is 256 g/mol. The van der Waals surface area contributed by atoms with E-state index in [0.29, 0.717) is 17.8 Å². The molecule has 0 unspecified atom stereocenters. The number of nitrogens with zero attached hydrogens (tertiary/aromatic N) is 1. The Morgan fingerprint density at radius 3 is 2.79 bits per heavy atom. The zero-order valence-corrected chi connectivity index (χ0v) is 9.84. The molecule has 3 nitrogen and oxygen atoms in total. The number of rotatable bonds is 2. The number of halogens is 1. The molecule has 0 bridgehead atoms. The molecule has 0 aromatic heterocycles. The molecule has 14 heavy (non-hydrogen) atoms. The van der Waals surface area contributed by atoms with Gasteiger partial charge in [-0.3, -0.25) is 4.79 Å². The summed E-state index contributed by atoms with van der Waals surface area (Å²) in [5.74, 6) is -0.0497. The van der Waals surface area contributed by atoms with Crippen molar-refractivity contribution < 1.29 is 4.79 Å². The average molecular weight is 257 g/mol. The molecule has 0 aliphatic rings. The lowest BCUT2D eigenvalue weighted by molar-refractivity contribution is 0.0803. The van der Waals surface area contributed by atoms with Crippen LogP contribution in [-0.2, 0) is 0 Å². The van der Waals surface area contributed by atoms with Gasteiger partial charge in [0.15, 0.2) is 0 Å². The normalized spacial score (nSPS) is 9.93. The minimum Gasteiger partial charge on any atom is -0.398 e. The molecule has 0 radical (unpaired) electrons. The maximum atomic E-state index is 11.8. The zero-order chi connectivity index (χ0) is 10.7. The second kappa shape index (κ2) is 4.46. The number of amides is 1. The van der Waals surface area contributed by atoms with Gasteiger partial charge < -0.3 is 10.6 Å². The van der Waals surface area contributed by atoms with Crippen LogP contribution in [0.4, 0.5) is 5.69 Å². The number of benzene rings is 1. The van der Waals surface area contributed by atoms with Gasteiger partial charge in [0.25, 0.3) is 5.91 Å². The third-order valence-electron chi connectivity index (χ3n) is 2.07. The zero-order valence-electron chi connectivity index (χ0n) is 8.25. The Morgan fingerprint density at radius 1 is 1.57 bits per heavy atom. The summed E-state index contributed by atoms with van der Waals surface area (Å²) in [6, 6.07) is 5.28. The molecule has 1 rings (SSSR count). The number of hydrogen-bond acceptors (Lipinski definition) is 2. The van der Waals surface area contributed by atoms with Gasteiger partial charge in [0.2, 0.25) is 0 Å². The fourth-order valence-corrected chi connectivity index (χ4v) is 1.42. The molecule has 0 saturated heterocycles. The molecule has 1 aromatic rings. The van der Waals surface area contributed by atoms with Gasteiger partial charge in [-0.1, -0.05) is 15.9 Å². The van der Waals surface area contributed by atoms with E-state index in [1.807, 2.05) is 13.0 Å². The maximum absolute atomic E-state index is 11.8. The van der Waals surface area contributed by atoms with Gasteiger partial charge in [0, 0.05) is 23.8 Å². The Kier molecular flexibility index (Phi) is 3.52. The van der Waals surface area contributed by atoms with Gasteiger partial charge in [-0.25, -0.2) is 0 Å². The Hall–Kier alpha value is -1.03. The minimum absolute atomic E-state index is 0.0497. The van der Waals surface area contributed by atoms with Crippen LogP contribution < -0.4 is 5.73 Å². The van der Waals surface area contributed by atoms with Gasteiger partial charge in [0.1, 0.15) is 0 Å². The first-order valence-corrected chi connectivity index (χ1v) is 5.16. The second-order valence-corrected chi connectivity index (χ2v) is 3.97. The van der Waals surface area contributed by atoms with Gasteiger partial charge in [-0.05, 0) is 25.1 Å². The first-order chi connectivity index (χ1) is 6.56. The Balaban J connectivity index is 3.06. The van der Waals surface area contributed by atoms with Crippen molar-refractivity contribution in [1.29, 1.82) is 0 Å². The highest BCUT2D eigenvalue weighted by Crippen LogP contribution is 2.19. The highest BCUT2D eigenvalue weighted by atomic mass is 79.9. The summed E-state index contributed by atoms with van der Waals surface area (Å²) in [5.41, 5.74) is 6.77. The summed E-state index contributed by atoms with van der Waals surface area (Å²) in [7, 11) is 1.75. The third kappa shape index (κ3) is 2.26. The van der Waals surface area contributed by atoms with Crippen molar-refractivity contribution in [2.75, 3.05) is 19.3 Å². The van der Waals surface area contributed by atoms with Crippen molar-refractivity contribution in [2.45, 2.75) is 6.92 Å². The molecule has 0 fully saturated rings. The molecular weight excluding hydrogens is 244 g/mol. The van der Waals surface area contributed by atoms with E-state index in [2.05, 4.69) is 15.9 Å². The fourth-order valence-electron chi connectivity index (χ4n) is 1.06. The molecular formula is C10H13BrN2O. The lowest BCUT2D eigenvalue weighted by Crippen LogP contribution is -2.26. The molecule has 0 spiro atoms. The number of hydrogen-bond donors (Lipinski definition) is 1. The van der Waals surface area contributed by atoms with E-state index in [0.717, 1.165) is 4.47 Å². The summed E-state index contributed by atoms with van der Waals surface area (Å²) < 4.78 is 0.861. The van der Waals surface area contributed by atoms with Crippen LogP contribution in [0.3, 0.4) is 0 Å². The standard InChI is InChI=1S/C10H13BrN2O/c1-3-13(2)10(14)8-6-7(11)4-5-9(8)12/h4-6H,3,12H2,1-2H3. The van der Waals surface area contributed by atoms with Crippen molar-refractivity contribution >= 4 is 27.5 Å². The number of carbonyl (C=O) groups is 1. The smallest absolute Gasteiger partial charge is 0.255 e. The van der Waals surface area contributed by atoms with Gasteiger partial charge >= 0.3 is 0 Å². The lowest BCUT2D eigenvalue weighted by Gasteiger charge is -2.15. The summed E-state index contributed by atoms with van der Waals surface area (Å²) >= 11 is 3.31. The summed E-state index contributed by atoms with van der Waals surface area (Å²) in [6.45, 7) is 2.59. The topological polar surface area (TPSA) is 46.3 Å². The van der Waals surface area contributed by atoms with E-state index in [1.165, 1.54) is 0 Å². The summed E-state index contributed by atoms with van der Waals surface area (Å²) in [6.07, 6.45) is 0. The van der Waals surface area contributed by atoms with Crippen LogP contribution >= 0.6 is 15.9 Å². The van der Waals surface area contributed by atoms with Crippen LogP contribution in [0.25, 0.3) is 0 Å². The van der Waals surface area contributed by atoms with E-state index in [-0.39, 0.29) is 5.91 Å². The van der Waals surface area contributed by atoms with Crippen LogP contribution in [0.1, 0.15) is 17.3 Å². The highest BCUT2D eigenvalue weighted by Gasteiger charge is 2.13. The Morgan fingerprint density at radius 2 is 2.21 bits per heavy atom. The van der Waals surface area contributed by atoms with Gasteiger partial charge in [-0.2, -0.15) is 0 Å². The van der Waals surface area contributed by atoms with Crippen LogP contribution in [0.5, 0.6) is 0 Å². The molecule has 0 aliphatic heterocycles. The van der Waals surface area contributed by atoms with Crippen LogP contribution in [0, 0.1) is 0 Å². The molecule has 4 heteroatoms. The summed E-state index contributed by atoms with van der Waals surface area (Å²) in [4.78, 5) is 13.4. The molecule has 0 aliphatic carbocycles. The van der Waals surface area contributed by atoms with E-state index in [1.54, 1.807) is 24.1 Å². The Bertz CT molecular complexity index is 352. The van der Waals surface area contributed by atoms with E-state index >= 15 is 0 Å². The predicted molar refractivity (Wildman–Crippen MR) is 61.2 cm³/mol. The molecule has 1 amide bonds. The van der Waals surface area contributed by atoms with Crippen molar-refractivity contribution in [3.05, 3.63) is 28.2 Å². The quantitative estimate of drug-likeness (QED) is 0.825. The Labute approximate surface area is 92.0 Å². The molecule has 0 atom stereocenters. The van der Waals surface area contributed by atoms with Crippen LogP contribution in [-0.4, -0.2) is 24.4 Å². The van der Waals surface area contributed by atoms with Crippen molar-refractivity contribution in [1.82, 2.24) is 4.90 Å². The largest absolute Gasteiger partial charge is 0.398 e. The van der Waals surface area contributed by atoms with Gasteiger partial charge in [0.05, 0.1) is 5.56 Å². The predicted octanol–water partition coefficient (Wildman–Crippen LogP) is 2.12. The number of nitrogen functional groups attached to an aromatic ring is 1. The first kappa shape index (κ1) is 11.0. The molecule has 0 saturated carbocycles. The van der Waals surface area contributed by atoms with Crippen LogP contribution in [0.2, 0.25) is 0 Å². The number of nitrogens with two attached hydrogens (primary N) is 1. The lowest BCUT2D eigenvalue weighted by atomic mass is 10.1. The first-order valence-electron chi connectivity index (χ1n) is 4.36.